The first-order chi connectivity index (χ1) is 11.9. The Balaban J connectivity index is 1.87. The molecule has 0 radical (unpaired) electrons. The molecule has 0 bridgehead atoms. The second-order valence-corrected chi connectivity index (χ2v) is 8.29. The lowest BCUT2D eigenvalue weighted by atomic mass is 9.69. The third-order valence-electron chi connectivity index (χ3n) is 6.34. The van der Waals surface area contributed by atoms with Gasteiger partial charge in [-0.1, -0.05) is 19.9 Å². The van der Waals surface area contributed by atoms with Crippen LogP contribution in [0.4, 0.5) is 5.69 Å². The van der Waals surface area contributed by atoms with Gasteiger partial charge in [0, 0.05) is 13.6 Å². The van der Waals surface area contributed by atoms with E-state index in [1.165, 1.54) is 42.4 Å². The molecule has 1 spiro atoms. The monoisotopic (exact) mass is 342 g/mol. The highest BCUT2D eigenvalue weighted by molar-refractivity contribution is 5.64. The fourth-order valence-corrected chi connectivity index (χ4v) is 4.37. The number of benzene rings is 1. The van der Waals surface area contributed by atoms with Crippen molar-refractivity contribution in [3.05, 3.63) is 28.8 Å². The minimum absolute atomic E-state index is 0.0355. The minimum atomic E-state index is -0.0355. The van der Waals surface area contributed by atoms with Crippen LogP contribution >= 0.6 is 0 Å². The molecule has 3 heteroatoms. The molecule has 25 heavy (non-hydrogen) atoms. The maximum atomic E-state index is 6.42. The van der Waals surface area contributed by atoms with E-state index in [9.17, 15) is 0 Å². The van der Waals surface area contributed by atoms with Gasteiger partial charge in [-0.05, 0) is 80.5 Å². The molecule has 0 unspecified atom stereocenters. The summed E-state index contributed by atoms with van der Waals surface area (Å²) >= 11 is 0. The molecular weight excluding hydrogens is 308 g/mol. The molecule has 0 aromatic heterocycles. The molecule has 1 aliphatic heterocycles. The van der Waals surface area contributed by atoms with Gasteiger partial charge in [-0.15, -0.1) is 0 Å². The molecule has 0 N–H and O–H groups in total. The zero-order chi connectivity index (χ0) is 18.0. The minimum Gasteiger partial charge on any atom is -0.370 e. The van der Waals surface area contributed by atoms with Gasteiger partial charge in [0.25, 0.3) is 0 Å². The summed E-state index contributed by atoms with van der Waals surface area (Å²) < 4.78 is 6.42. The number of fused-ring (bicyclic) bond motifs is 2. The van der Waals surface area contributed by atoms with Crippen LogP contribution in [0.1, 0.15) is 63.1 Å². The Morgan fingerprint density at radius 2 is 2.04 bits per heavy atom. The van der Waals surface area contributed by atoms with Crippen molar-refractivity contribution in [2.45, 2.75) is 65.4 Å². The van der Waals surface area contributed by atoms with Crippen LogP contribution < -0.4 is 0 Å². The number of ether oxygens (including phenoxy) is 1. The molecule has 1 fully saturated rings. The molecule has 1 aromatic carbocycles. The van der Waals surface area contributed by atoms with Gasteiger partial charge in [0.2, 0.25) is 0 Å². The number of rotatable bonds is 4. The van der Waals surface area contributed by atoms with Gasteiger partial charge in [-0.25, -0.2) is 4.99 Å². The Morgan fingerprint density at radius 3 is 2.68 bits per heavy atom. The smallest absolute Gasteiger partial charge is 0.0934 e. The average Bonchev–Trinajstić information content (AvgIpc) is 2.61. The van der Waals surface area contributed by atoms with Crippen LogP contribution in [0, 0.1) is 18.8 Å². The zero-order valence-corrected chi connectivity index (χ0v) is 16.6. The molecule has 1 aromatic rings. The van der Waals surface area contributed by atoms with Gasteiger partial charge >= 0.3 is 0 Å². The van der Waals surface area contributed by atoms with Crippen molar-refractivity contribution >= 4 is 12.0 Å². The van der Waals surface area contributed by atoms with Crippen molar-refractivity contribution < 1.29 is 4.74 Å². The fraction of sp³-hybridized carbons (Fsp3) is 0.682. The molecule has 0 saturated heterocycles. The van der Waals surface area contributed by atoms with Crippen molar-refractivity contribution in [3.8, 4) is 0 Å². The van der Waals surface area contributed by atoms with E-state index in [-0.39, 0.29) is 5.60 Å². The molecule has 3 nitrogen and oxygen atoms in total. The fourth-order valence-electron chi connectivity index (χ4n) is 4.37. The van der Waals surface area contributed by atoms with Crippen LogP contribution in [0.3, 0.4) is 0 Å². The van der Waals surface area contributed by atoms with E-state index in [1.54, 1.807) is 0 Å². The Labute approximate surface area is 153 Å². The molecule has 1 aliphatic carbocycles. The standard InChI is InChI=1S/C22H34N2O/c1-6-24(5)15-23-21-14-19-9-12-25-22(20(19)13-17(21)4)10-7-18(8-11-22)16(2)3/h13-16,18H,6-12H2,1-5H3/b23-15+. The summed E-state index contributed by atoms with van der Waals surface area (Å²) in [5.41, 5.74) is 5.22. The van der Waals surface area contributed by atoms with E-state index in [1.807, 2.05) is 6.34 Å². The van der Waals surface area contributed by atoms with Crippen molar-refractivity contribution in [3.63, 3.8) is 0 Å². The third kappa shape index (κ3) is 3.76. The van der Waals surface area contributed by atoms with Gasteiger partial charge < -0.3 is 9.64 Å². The largest absolute Gasteiger partial charge is 0.370 e. The van der Waals surface area contributed by atoms with E-state index in [0.717, 1.165) is 37.1 Å². The third-order valence-corrected chi connectivity index (χ3v) is 6.34. The number of hydrogen-bond donors (Lipinski definition) is 0. The summed E-state index contributed by atoms with van der Waals surface area (Å²) in [6, 6.07) is 4.67. The topological polar surface area (TPSA) is 24.8 Å². The number of aryl methyl sites for hydroxylation is 1. The first-order valence-corrected chi connectivity index (χ1v) is 9.97. The molecular formula is C22H34N2O. The lowest BCUT2D eigenvalue weighted by Crippen LogP contribution is -2.39. The zero-order valence-electron chi connectivity index (χ0n) is 16.6. The highest BCUT2D eigenvalue weighted by Gasteiger charge is 2.41. The van der Waals surface area contributed by atoms with Gasteiger partial charge in [0.1, 0.15) is 0 Å². The van der Waals surface area contributed by atoms with Crippen LogP contribution in [0.5, 0.6) is 0 Å². The summed E-state index contributed by atoms with van der Waals surface area (Å²) in [6.07, 6.45) is 7.87. The Hall–Kier alpha value is -1.35. The van der Waals surface area contributed by atoms with Gasteiger partial charge in [-0.3, -0.25) is 0 Å². The predicted molar refractivity (Wildman–Crippen MR) is 106 cm³/mol. The summed E-state index contributed by atoms with van der Waals surface area (Å²) in [7, 11) is 2.06. The van der Waals surface area contributed by atoms with Crippen LogP contribution in [0.15, 0.2) is 17.1 Å². The first kappa shape index (κ1) is 18.4. The van der Waals surface area contributed by atoms with Gasteiger partial charge in [-0.2, -0.15) is 0 Å². The highest BCUT2D eigenvalue weighted by atomic mass is 16.5. The van der Waals surface area contributed by atoms with Gasteiger partial charge in [0.15, 0.2) is 0 Å². The molecule has 2 aliphatic rings. The quantitative estimate of drug-likeness (QED) is 0.553. The lowest BCUT2D eigenvalue weighted by Gasteiger charge is -2.45. The Bertz CT molecular complexity index is 627. The van der Waals surface area contributed by atoms with E-state index in [2.05, 4.69) is 51.8 Å². The lowest BCUT2D eigenvalue weighted by molar-refractivity contribution is -0.0954. The van der Waals surface area contributed by atoms with Crippen molar-refractivity contribution in [2.24, 2.45) is 16.8 Å². The number of nitrogens with zero attached hydrogens (tertiary/aromatic N) is 2. The van der Waals surface area contributed by atoms with E-state index in [4.69, 9.17) is 9.73 Å². The normalized spacial score (nSPS) is 26.4. The van der Waals surface area contributed by atoms with E-state index in [0.29, 0.717) is 0 Å². The summed E-state index contributed by atoms with van der Waals surface area (Å²) in [5.74, 6) is 1.64. The second kappa shape index (κ2) is 7.49. The molecule has 1 saturated carbocycles. The first-order valence-electron chi connectivity index (χ1n) is 9.97. The maximum absolute atomic E-state index is 6.42. The number of aliphatic imine (C=N–C) groups is 1. The number of hydrogen-bond acceptors (Lipinski definition) is 2. The van der Waals surface area contributed by atoms with Crippen molar-refractivity contribution in [1.29, 1.82) is 0 Å². The van der Waals surface area contributed by atoms with Crippen LogP contribution in [0.2, 0.25) is 0 Å². The highest BCUT2D eigenvalue weighted by Crippen LogP contribution is 2.48. The molecule has 0 atom stereocenters. The summed E-state index contributed by atoms with van der Waals surface area (Å²) in [4.78, 5) is 6.82. The molecule has 1 heterocycles. The van der Waals surface area contributed by atoms with Crippen LogP contribution in [-0.2, 0) is 16.8 Å². The van der Waals surface area contributed by atoms with Gasteiger partial charge in [0.05, 0.1) is 24.2 Å². The van der Waals surface area contributed by atoms with Crippen LogP contribution in [-0.4, -0.2) is 31.4 Å². The SMILES string of the molecule is CCN(C)/C=N/c1cc2c(cc1C)C1(CCC(C(C)C)CC1)OCC2. The van der Waals surface area contributed by atoms with E-state index < -0.39 is 0 Å². The Kier molecular flexibility index (Phi) is 5.52. The predicted octanol–water partition coefficient (Wildman–Crippen LogP) is 5.22. The van der Waals surface area contributed by atoms with Crippen molar-refractivity contribution in [1.82, 2.24) is 4.90 Å². The molecule has 0 amide bonds. The maximum Gasteiger partial charge on any atom is 0.0934 e. The van der Waals surface area contributed by atoms with Crippen LogP contribution in [0.25, 0.3) is 0 Å². The van der Waals surface area contributed by atoms with Crippen molar-refractivity contribution in [2.75, 3.05) is 20.2 Å². The Morgan fingerprint density at radius 1 is 1.32 bits per heavy atom. The average molecular weight is 343 g/mol. The van der Waals surface area contributed by atoms with E-state index >= 15 is 0 Å². The summed E-state index contributed by atoms with van der Waals surface area (Å²) in [6.45, 7) is 10.9. The second-order valence-electron chi connectivity index (χ2n) is 8.29. The summed E-state index contributed by atoms with van der Waals surface area (Å²) in [5, 5.41) is 0. The molecule has 138 valence electrons. The molecule has 3 rings (SSSR count).